The van der Waals surface area contributed by atoms with Gasteiger partial charge in [0.2, 0.25) is 10.0 Å². The minimum absolute atomic E-state index is 0. The van der Waals surface area contributed by atoms with Crippen molar-refractivity contribution in [3.05, 3.63) is 65.7 Å². The summed E-state index contributed by atoms with van der Waals surface area (Å²) in [7, 11) is -3.27. The molecule has 0 saturated heterocycles. The zero-order chi connectivity index (χ0) is 15.3. The smallest absolute Gasteiger partial charge is 0.251 e. The summed E-state index contributed by atoms with van der Waals surface area (Å²) in [4.78, 5) is 11.9. The average Bonchev–Trinajstić information content (AvgIpc) is 2.45. The van der Waals surface area contributed by atoms with E-state index in [4.69, 9.17) is 0 Å². The fraction of sp³-hybridized carbons (Fsp3) is 0.133. The number of anilines is 1. The quantitative estimate of drug-likeness (QED) is 0.877. The summed E-state index contributed by atoms with van der Waals surface area (Å²) >= 11 is 0. The number of amides is 1. The number of hydrogen-bond donors (Lipinski definition) is 2. The number of carbonyl (C=O) groups excluding carboxylic acids is 1. The molecule has 2 rings (SSSR count). The molecule has 0 aromatic heterocycles. The van der Waals surface area contributed by atoms with Gasteiger partial charge in [-0.05, 0) is 29.8 Å². The van der Waals surface area contributed by atoms with Crippen LogP contribution in [0.5, 0.6) is 0 Å². The lowest BCUT2D eigenvalue weighted by Crippen LogP contribution is -2.22. The second kappa shape index (κ2) is 7.82. The van der Waals surface area contributed by atoms with Crippen molar-refractivity contribution in [2.24, 2.45) is 0 Å². The zero-order valence-corrected chi connectivity index (χ0v) is 13.6. The number of nitrogens with one attached hydrogen (secondary N) is 2. The standard InChI is InChI=1S/C15H16N2O3S.ClH/c1-21(19,20)17-14-9-7-12(8-10-14)11-16-15(18)13-5-3-2-4-6-13;/h2-10,17H,11H2,1H3,(H,16,18);1H. The first kappa shape index (κ1) is 18.0. The Morgan fingerprint density at radius 3 is 2.14 bits per heavy atom. The highest BCUT2D eigenvalue weighted by atomic mass is 35.5. The number of carbonyl (C=O) groups is 1. The molecule has 0 heterocycles. The molecule has 2 N–H and O–H groups in total. The van der Waals surface area contributed by atoms with E-state index in [9.17, 15) is 13.2 Å². The predicted octanol–water partition coefficient (Wildman–Crippen LogP) is 2.41. The van der Waals surface area contributed by atoms with Crippen molar-refractivity contribution < 1.29 is 13.2 Å². The summed E-state index contributed by atoms with van der Waals surface area (Å²) in [5.41, 5.74) is 1.99. The number of hydrogen-bond acceptors (Lipinski definition) is 3. The van der Waals surface area contributed by atoms with Crippen LogP contribution in [0.3, 0.4) is 0 Å². The van der Waals surface area contributed by atoms with Gasteiger partial charge in [-0.2, -0.15) is 0 Å². The van der Waals surface area contributed by atoms with Gasteiger partial charge in [0.25, 0.3) is 5.91 Å². The number of benzene rings is 2. The normalized spacial score (nSPS) is 10.4. The van der Waals surface area contributed by atoms with Crippen LogP contribution < -0.4 is 10.0 Å². The summed E-state index contributed by atoms with van der Waals surface area (Å²) in [6.45, 7) is 0.382. The number of halogens is 1. The number of rotatable bonds is 5. The number of sulfonamides is 1. The Kier molecular flexibility index (Phi) is 6.39. The first-order chi connectivity index (χ1) is 9.94. The van der Waals surface area contributed by atoms with E-state index in [-0.39, 0.29) is 18.3 Å². The van der Waals surface area contributed by atoms with Gasteiger partial charge in [0, 0.05) is 17.8 Å². The highest BCUT2D eigenvalue weighted by Gasteiger charge is 2.05. The maximum atomic E-state index is 11.9. The molecule has 118 valence electrons. The topological polar surface area (TPSA) is 75.3 Å². The van der Waals surface area contributed by atoms with Crippen LogP contribution in [0.25, 0.3) is 0 Å². The molecule has 22 heavy (non-hydrogen) atoms. The third-order valence-electron chi connectivity index (χ3n) is 2.75. The molecular formula is C15H17ClN2O3S. The predicted molar refractivity (Wildman–Crippen MR) is 89.8 cm³/mol. The maximum Gasteiger partial charge on any atom is 0.251 e. The largest absolute Gasteiger partial charge is 0.348 e. The second-order valence-corrected chi connectivity index (χ2v) is 6.37. The molecule has 0 radical (unpaired) electrons. The van der Waals surface area contributed by atoms with Gasteiger partial charge in [-0.1, -0.05) is 30.3 Å². The Labute approximate surface area is 136 Å². The van der Waals surface area contributed by atoms with Crippen LogP contribution in [0.15, 0.2) is 54.6 Å². The van der Waals surface area contributed by atoms with Crippen LogP contribution in [0.2, 0.25) is 0 Å². The highest BCUT2D eigenvalue weighted by molar-refractivity contribution is 7.92. The van der Waals surface area contributed by atoms with Crippen LogP contribution >= 0.6 is 12.4 Å². The molecule has 0 bridgehead atoms. The van der Waals surface area contributed by atoms with Gasteiger partial charge in [0.1, 0.15) is 0 Å². The molecule has 0 spiro atoms. The van der Waals surface area contributed by atoms with E-state index in [1.54, 1.807) is 48.5 Å². The van der Waals surface area contributed by atoms with E-state index in [1.807, 2.05) is 6.07 Å². The molecule has 0 unspecified atom stereocenters. The van der Waals surface area contributed by atoms with E-state index in [2.05, 4.69) is 10.0 Å². The van der Waals surface area contributed by atoms with Gasteiger partial charge in [0.05, 0.1) is 6.26 Å². The van der Waals surface area contributed by atoms with E-state index >= 15 is 0 Å². The Morgan fingerprint density at radius 1 is 1.00 bits per heavy atom. The summed E-state index contributed by atoms with van der Waals surface area (Å²) in [6.07, 6.45) is 1.10. The van der Waals surface area contributed by atoms with E-state index < -0.39 is 10.0 Å². The van der Waals surface area contributed by atoms with Crippen LogP contribution in [-0.4, -0.2) is 20.6 Å². The van der Waals surface area contributed by atoms with E-state index in [1.165, 1.54) is 0 Å². The molecule has 2 aromatic carbocycles. The average molecular weight is 341 g/mol. The molecule has 2 aromatic rings. The molecule has 0 aliphatic heterocycles. The molecule has 0 saturated carbocycles. The monoisotopic (exact) mass is 340 g/mol. The second-order valence-electron chi connectivity index (χ2n) is 4.62. The molecule has 5 nitrogen and oxygen atoms in total. The van der Waals surface area contributed by atoms with Crippen molar-refractivity contribution in [1.29, 1.82) is 0 Å². The molecule has 0 atom stereocenters. The van der Waals surface area contributed by atoms with Gasteiger partial charge >= 0.3 is 0 Å². The van der Waals surface area contributed by atoms with Crippen molar-refractivity contribution in [2.45, 2.75) is 6.54 Å². The van der Waals surface area contributed by atoms with Crippen LogP contribution in [0.4, 0.5) is 5.69 Å². The highest BCUT2D eigenvalue weighted by Crippen LogP contribution is 2.11. The van der Waals surface area contributed by atoms with Gasteiger partial charge in [-0.3, -0.25) is 9.52 Å². The molecular weight excluding hydrogens is 324 g/mol. The Bertz CT molecular complexity index is 716. The lowest BCUT2D eigenvalue weighted by Gasteiger charge is -2.07. The van der Waals surface area contributed by atoms with Gasteiger partial charge in [0.15, 0.2) is 0 Å². The third kappa shape index (κ3) is 5.75. The van der Waals surface area contributed by atoms with Crippen molar-refractivity contribution in [3.63, 3.8) is 0 Å². The SMILES string of the molecule is CS(=O)(=O)Nc1ccc(CNC(=O)c2ccccc2)cc1.Cl. The summed E-state index contributed by atoms with van der Waals surface area (Å²) in [5, 5.41) is 2.81. The summed E-state index contributed by atoms with van der Waals surface area (Å²) < 4.78 is 24.6. The fourth-order valence-corrected chi connectivity index (χ4v) is 2.34. The fourth-order valence-electron chi connectivity index (χ4n) is 1.78. The first-order valence-electron chi connectivity index (χ1n) is 6.34. The molecule has 7 heteroatoms. The molecule has 0 fully saturated rings. The van der Waals surface area contributed by atoms with Crippen molar-refractivity contribution >= 4 is 34.0 Å². The summed E-state index contributed by atoms with van der Waals surface area (Å²) in [5.74, 6) is -0.145. The lowest BCUT2D eigenvalue weighted by molar-refractivity contribution is 0.0951. The van der Waals surface area contributed by atoms with Crippen molar-refractivity contribution in [3.8, 4) is 0 Å². The van der Waals surface area contributed by atoms with Crippen LogP contribution in [0.1, 0.15) is 15.9 Å². The van der Waals surface area contributed by atoms with Crippen molar-refractivity contribution in [2.75, 3.05) is 11.0 Å². The van der Waals surface area contributed by atoms with E-state index in [0.29, 0.717) is 17.8 Å². The Morgan fingerprint density at radius 2 is 1.59 bits per heavy atom. The zero-order valence-electron chi connectivity index (χ0n) is 11.9. The first-order valence-corrected chi connectivity index (χ1v) is 8.23. The van der Waals surface area contributed by atoms with Crippen LogP contribution in [-0.2, 0) is 16.6 Å². The van der Waals surface area contributed by atoms with Crippen LogP contribution in [0, 0.1) is 0 Å². The third-order valence-corrected chi connectivity index (χ3v) is 3.35. The Balaban J connectivity index is 0.00000242. The van der Waals surface area contributed by atoms with E-state index in [0.717, 1.165) is 11.8 Å². The minimum Gasteiger partial charge on any atom is -0.348 e. The van der Waals surface area contributed by atoms with Gasteiger partial charge in [-0.15, -0.1) is 12.4 Å². The molecule has 1 amide bonds. The molecule has 0 aliphatic carbocycles. The van der Waals surface area contributed by atoms with Gasteiger partial charge in [-0.25, -0.2) is 8.42 Å². The maximum absolute atomic E-state index is 11.9. The van der Waals surface area contributed by atoms with Crippen molar-refractivity contribution in [1.82, 2.24) is 5.32 Å². The molecule has 0 aliphatic rings. The minimum atomic E-state index is -3.27. The van der Waals surface area contributed by atoms with Gasteiger partial charge < -0.3 is 5.32 Å². The summed E-state index contributed by atoms with van der Waals surface area (Å²) in [6, 6.07) is 15.8. The Hall–Kier alpha value is -2.05. The lowest BCUT2D eigenvalue weighted by atomic mass is 10.2.